The number of aryl methyl sites for hydroxylation is 2. The highest BCUT2D eigenvalue weighted by molar-refractivity contribution is 5.89. The van der Waals surface area contributed by atoms with Crippen molar-refractivity contribution >= 4 is 11.7 Å². The van der Waals surface area contributed by atoms with Crippen molar-refractivity contribution in [2.24, 2.45) is 0 Å². The summed E-state index contributed by atoms with van der Waals surface area (Å²) < 4.78 is 1.94. The summed E-state index contributed by atoms with van der Waals surface area (Å²) >= 11 is 0. The standard InChI is InChI=1S/C17H23N3O2/c1-4-12(2)20-13(3)11-16(19-20)18-17(22)10-7-14-5-8-15(21)9-6-14/h5-6,8-9,11-12,21H,4,7,10H2,1-3H3,(H,18,19,22)/t12-/m1/s1. The second-order valence-electron chi connectivity index (χ2n) is 5.59. The van der Waals surface area contributed by atoms with Gasteiger partial charge in [-0.25, -0.2) is 0 Å². The number of hydrogen-bond donors (Lipinski definition) is 2. The Morgan fingerprint density at radius 3 is 2.68 bits per heavy atom. The Morgan fingerprint density at radius 1 is 1.36 bits per heavy atom. The number of rotatable bonds is 6. The Hall–Kier alpha value is -2.30. The molecule has 2 N–H and O–H groups in total. The zero-order chi connectivity index (χ0) is 16.1. The number of aromatic nitrogens is 2. The van der Waals surface area contributed by atoms with Gasteiger partial charge in [0.05, 0.1) is 0 Å². The minimum atomic E-state index is -0.0538. The van der Waals surface area contributed by atoms with Gasteiger partial charge in [0.15, 0.2) is 5.82 Å². The fourth-order valence-electron chi connectivity index (χ4n) is 2.29. The molecule has 22 heavy (non-hydrogen) atoms. The first kappa shape index (κ1) is 16.1. The van der Waals surface area contributed by atoms with Gasteiger partial charge in [-0.2, -0.15) is 5.10 Å². The number of nitrogens with one attached hydrogen (secondary N) is 1. The van der Waals surface area contributed by atoms with Crippen LogP contribution in [0, 0.1) is 6.92 Å². The molecule has 0 radical (unpaired) electrons. The third-order valence-corrected chi connectivity index (χ3v) is 3.78. The van der Waals surface area contributed by atoms with Gasteiger partial charge in [0.1, 0.15) is 5.75 Å². The monoisotopic (exact) mass is 301 g/mol. The minimum absolute atomic E-state index is 0.0538. The Morgan fingerprint density at radius 2 is 2.05 bits per heavy atom. The third kappa shape index (κ3) is 4.10. The number of carbonyl (C=O) groups is 1. The average molecular weight is 301 g/mol. The molecule has 1 aromatic carbocycles. The molecule has 1 aromatic heterocycles. The number of anilines is 1. The van der Waals surface area contributed by atoms with Crippen LogP contribution in [0.4, 0.5) is 5.82 Å². The van der Waals surface area contributed by atoms with Gasteiger partial charge in [0.25, 0.3) is 0 Å². The normalized spacial score (nSPS) is 12.1. The highest BCUT2D eigenvalue weighted by Crippen LogP contribution is 2.17. The van der Waals surface area contributed by atoms with Crippen molar-refractivity contribution in [3.05, 3.63) is 41.6 Å². The van der Waals surface area contributed by atoms with Crippen LogP contribution in [0.2, 0.25) is 0 Å². The van der Waals surface area contributed by atoms with Gasteiger partial charge in [0.2, 0.25) is 5.91 Å². The predicted molar refractivity (Wildman–Crippen MR) is 87.0 cm³/mol. The molecule has 5 heteroatoms. The summed E-state index contributed by atoms with van der Waals surface area (Å²) in [5.74, 6) is 0.787. The van der Waals surface area contributed by atoms with E-state index in [1.165, 1.54) is 0 Å². The van der Waals surface area contributed by atoms with E-state index in [9.17, 15) is 9.90 Å². The Kier molecular flexibility index (Phi) is 5.20. The lowest BCUT2D eigenvalue weighted by atomic mass is 10.1. The molecule has 0 aliphatic carbocycles. The van der Waals surface area contributed by atoms with E-state index < -0.39 is 0 Å². The van der Waals surface area contributed by atoms with Crippen molar-refractivity contribution in [1.29, 1.82) is 0 Å². The summed E-state index contributed by atoms with van der Waals surface area (Å²) in [7, 11) is 0. The number of benzene rings is 1. The van der Waals surface area contributed by atoms with Gasteiger partial charge < -0.3 is 10.4 Å². The fourth-order valence-corrected chi connectivity index (χ4v) is 2.29. The molecule has 0 aliphatic heterocycles. The van der Waals surface area contributed by atoms with Crippen LogP contribution in [0.5, 0.6) is 5.75 Å². The number of hydrogen-bond acceptors (Lipinski definition) is 3. The van der Waals surface area contributed by atoms with E-state index >= 15 is 0 Å². The van der Waals surface area contributed by atoms with E-state index in [0.717, 1.165) is 17.7 Å². The molecule has 2 aromatic rings. The maximum atomic E-state index is 12.0. The highest BCUT2D eigenvalue weighted by atomic mass is 16.3. The Labute approximate surface area is 131 Å². The summed E-state index contributed by atoms with van der Waals surface area (Å²) in [6, 6.07) is 9.12. The van der Waals surface area contributed by atoms with Crippen LogP contribution in [0.1, 0.15) is 44.0 Å². The summed E-state index contributed by atoms with van der Waals surface area (Å²) in [4.78, 5) is 12.0. The zero-order valence-corrected chi connectivity index (χ0v) is 13.3. The van der Waals surface area contributed by atoms with E-state index in [0.29, 0.717) is 24.7 Å². The quantitative estimate of drug-likeness (QED) is 0.859. The lowest BCUT2D eigenvalue weighted by Crippen LogP contribution is -2.14. The highest BCUT2D eigenvalue weighted by Gasteiger charge is 2.11. The first-order valence-corrected chi connectivity index (χ1v) is 7.63. The van der Waals surface area contributed by atoms with E-state index in [4.69, 9.17) is 0 Å². The molecule has 1 atom stereocenters. The summed E-state index contributed by atoms with van der Waals surface area (Å²) in [6.45, 7) is 6.21. The van der Waals surface area contributed by atoms with E-state index in [1.54, 1.807) is 12.1 Å². The smallest absolute Gasteiger partial charge is 0.225 e. The second-order valence-corrected chi connectivity index (χ2v) is 5.59. The van der Waals surface area contributed by atoms with Crippen LogP contribution in [0.15, 0.2) is 30.3 Å². The molecule has 0 fully saturated rings. The van der Waals surface area contributed by atoms with E-state index in [-0.39, 0.29) is 11.7 Å². The number of aromatic hydroxyl groups is 1. The summed E-state index contributed by atoms with van der Waals surface area (Å²) in [5, 5.41) is 16.5. The molecule has 0 aliphatic rings. The van der Waals surface area contributed by atoms with E-state index in [1.807, 2.05) is 29.8 Å². The van der Waals surface area contributed by atoms with Crippen LogP contribution < -0.4 is 5.32 Å². The van der Waals surface area contributed by atoms with Crippen molar-refractivity contribution in [1.82, 2.24) is 9.78 Å². The summed E-state index contributed by atoms with van der Waals surface area (Å²) in [6.07, 6.45) is 2.02. The van der Waals surface area contributed by atoms with Crippen molar-refractivity contribution in [2.75, 3.05) is 5.32 Å². The fraction of sp³-hybridized carbons (Fsp3) is 0.412. The molecule has 1 heterocycles. The van der Waals surface area contributed by atoms with Gasteiger partial charge in [-0.1, -0.05) is 19.1 Å². The SMILES string of the molecule is CC[C@@H](C)n1nc(NC(=O)CCc2ccc(O)cc2)cc1C. The van der Waals surface area contributed by atoms with Gasteiger partial charge in [-0.3, -0.25) is 9.48 Å². The zero-order valence-electron chi connectivity index (χ0n) is 13.3. The number of phenolic OH excluding ortho intramolecular Hbond substituents is 1. The molecule has 2 rings (SSSR count). The number of carbonyl (C=O) groups excluding carboxylic acids is 1. The van der Waals surface area contributed by atoms with Crippen LogP contribution >= 0.6 is 0 Å². The van der Waals surface area contributed by atoms with Crippen molar-refractivity contribution in [3.8, 4) is 5.75 Å². The first-order valence-electron chi connectivity index (χ1n) is 7.63. The molecular formula is C17H23N3O2. The van der Waals surface area contributed by atoms with Gasteiger partial charge in [-0.05, 0) is 44.4 Å². The van der Waals surface area contributed by atoms with Gasteiger partial charge >= 0.3 is 0 Å². The second kappa shape index (κ2) is 7.11. The molecule has 0 bridgehead atoms. The molecule has 0 saturated heterocycles. The molecular weight excluding hydrogens is 278 g/mol. The molecule has 0 spiro atoms. The lowest BCUT2D eigenvalue weighted by Gasteiger charge is -2.10. The molecule has 5 nitrogen and oxygen atoms in total. The number of nitrogens with zero attached hydrogens (tertiary/aromatic N) is 2. The van der Waals surface area contributed by atoms with Crippen LogP contribution in [-0.4, -0.2) is 20.8 Å². The number of phenols is 1. The van der Waals surface area contributed by atoms with Gasteiger partial charge in [-0.15, -0.1) is 0 Å². The van der Waals surface area contributed by atoms with Crippen molar-refractivity contribution in [3.63, 3.8) is 0 Å². The maximum absolute atomic E-state index is 12.0. The molecule has 0 saturated carbocycles. The van der Waals surface area contributed by atoms with Gasteiger partial charge in [0, 0.05) is 24.2 Å². The minimum Gasteiger partial charge on any atom is -0.508 e. The average Bonchev–Trinajstić information content (AvgIpc) is 2.86. The Bertz CT molecular complexity index is 632. The van der Waals surface area contributed by atoms with Crippen molar-refractivity contribution in [2.45, 2.75) is 46.1 Å². The maximum Gasteiger partial charge on any atom is 0.225 e. The van der Waals surface area contributed by atoms with Crippen LogP contribution in [0.3, 0.4) is 0 Å². The third-order valence-electron chi connectivity index (χ3n) is 3.78. The molecule has 0 unspecified atom stereocenters. The largest absolute Gasteiger partial charge is 0.508 e. The van der Waals surface area contributed by atoms with Crippen LogP contribution in [0.25, 0.3) is 0 Å². The van der Waals surface area contributed by atoms with Crippen molar-refractivity contribution < 1.29 is 9.90 Å². The van der Waals surface area contributed by atoms with Crippen LogP contribution in [-0.2, 0) is 11.2 Å². The number of amides is 1. The summed E-state index contributed by atoms with van der Waals surface area (Å²) in [5.41, 5.74) is 2.07. The topological polar surface area (TPSA) is 67.2 Å². The molecule has 118 valence electrons. The lowest BCUT2D eigenvalue weighted by molar-refractivity contribution is -0.116. The predicted octanol–water partition coefficient (Wildman–Crippen LogP) is 3.44. The molecule has 1 amide bonds. The Balaban J connectivity index is 1.90. The van der Waals surface area contributed by atoms with E-state index in [2.05, 4.69) is 24.3 Å². The first-order chi connectivity index (χ1) is 10.5.